The minimum atomic E-state index is -0.0769. The molecule has 1 fully saturated rings. The molecular weight excluding hydrogens is 446 g/mol. The Morgan fingerprint density at radius 1 is 0.676 bits per heavy atom. The maximum Gasteiger partial charge on any atom is 0.0454 e. The van der Waals surface area contributed by atoms with Crippen molar-refractivity contribution in [2.45, 2.75) is 77.2 Å². The second kappa shape index (κ2) is 8.91. The lowest BCUT2D eigenvalue weighted by atomic mass is 9.81. The largest absolute Gasteiger partial charge is 0.336 e. The fraction of sp³-hybridized carbons (Fsp3) is 0.333. The van der Waals surface area contributed by atoms with Crippen LogP contribution < -0.4 is 4.90 Å². The van der Waals surface area contributed by atoms with Gasteiger partial charge in [0.2, 0.25) is 0 Å². The molecule has 0 unspecified atom stereocenters. The van der Waals surface area contributed by atoms with Gasteiger partial charge in [-0.15, -0.1) is 0 Å². The highest BCUT2D eigenvalue weighted by Gasteiger charge is 2.38. The van der Waals surface area contributed by atoms with Crippen molar-refractivity contribution < 1.29 is 0 Å². The van der Waals surface area contributed by atoms with Gasteiger partial charge in [-0.05, 0) is 103 Å². The highest BCUT2D eigenvalue weighted by molar-refractivity contribution is 5.86. The molecule has 37 heavy (non-hydrogen) atoms. The Hall–Kier alpha value is -3.32. The van der Waals surface area contributed by atoms with Crippen molar-refractivity contribution in [2.75, 3.05) is 4.90 Å². The minimum absolute atomic E-state index is 0.00960. The highest BCUT2D eigenvalue weighted by Crippen LogP contribution is 2.53. The van der Waals surface area contributed by atoms with Crippen molar-refractivity contribution >= 4 is 11.4 Å². The van der Waals surface area contributed by atoms with Crippen LogP contribution in [0.1, 0.15) is 82.9 Å². The molecule has 1 nitrogen and oxygen atoms in total. The fourth-order valence-electron chi connectivity index (χ4n) is 6.85. The summed E-state index contributed by atoms with van der Waals surface area (Å²) in [5, 5.41) is 0. The molecular formula is C36H39N. The first kappa shape index (κ1) is 24.0. The summed E-state index contributed by atoms with van der Waals surface area (Å²) < 4.78 is 0. The Labute approximate surface area is 223 Å². The van der Waals surface area contributed by atoms with Crippen molar-refractivity contribution in [3.05, 3.63) is 108 Å². The molecule has 0 heterocycles. The van der Waals surface area contributed by atoms with Gasteiger partial charge in [-0.2, -0.15) is 0 Å². The Morgan fingerprint density at radius 3 is 2.08 bits per heavy atom. The third kappa shape index (κ3) is 4.09. The van der Waals surface area contributed by atoms with Gasteiger partial charge in [0, 0.05) is 22.3 Å². The van der Waals surface area contributed by atoms with Crippen LogP contribution in [0, 0.1) is 0 Å². The van der Waals surface area contributed by atoms with Gasteiger partial charge in [-0.25, -0.2) is 0 Å². The molecule has 2 aliphatic carbocycles. The van der Waals surface area contributed by atoms with E-state index in [9.17, 15) is 0 Å². The lowest BCUT2D eigenvalue weighted by Gasteiger charge is -2.41. The Kier molecular flexibility index (Phi) is 5.79. The van der Waals surface area contributed by atoms with Crippen molar-refractivity contribution in [2.24, 2.45) is 0 Å². The van der Waals surface area contributed by atoms with E-state index in [1.807, 2.05) is 0 Å². The molecule has 1 heteroatoms. The molecule has 0 spiro atoms. The van der Waals surface area contributed by atoms with Crippen LogP contribution in [-0.2, 0) is 5.41 Å². The number of hydrogen-bond acceptors (Lipinski definition) is 1. The number of hydrogen-bond donors (Lipinski definition) is 0. The molecule has 0 N–H and O–H groups in total. The van der Waals surface area contributed by atoms with Crippen molar-refractivity contribution in [1.82, 2.24) is 0 Å². The average molecular weight is 486 g/mol. The molecule has 0 aliphatic heterocycles. The van der Waals surface area contributed by atoms with Crippen molar-refractivity contribution in [1.29, 1.82) is 0 Å². The van der Waals surface area contributed by atoms with Crippen LogP contribution in [0.5, 0.6) is 0 Å². The van der Waals surface area contributed by atoms with E-state index < -0.39 is 0 Å². The van der Waals surface area contributed by atoms with Crippen molar-refractivity contribution in [3.63, 3.8) is 0 Å². The summed E-state index contributed by atoms with van der Waals surface area (Å²) in [6, 6.07) is 34.1. The molecule has 1 saturated carbocycles. The van der Waals surface area contributed by atoms with Crippen LogP contribution in [0.25, 0.3) is 22.3 Å². The zero-order valence-electron chi connectivity index (χ0n) is 23.0. The van der Waals surface area contributed by atoms with Crippen LogP contribution in [0.4, 0.5) is 11.4 Å². The second-order valence-electron chi connectivity index (χ2n) is 12.5. The first-order valence-electron chi connectivity index (χ1n) is 14.0. The number of anilines is 2. The monoisotopic (exact) mass is 485 g/mol. The van der Waals surface area contributed by atoms with Gasteiger partial charge in [0.15, 0.2) is 0 Å². The van der Waals surface area contributed by atoms with Gasteiger partial charge in [-0.1, -0.05) is 93.4 Å². The van der Waals surface area contributed by atoms with Crippen LogP contribution in [0.3, 0.4) is 0 Å². The minimum Gasteiger partial charge on any atom is -0.336 e. The van der Waals surface area contributed by atoms with E-state index in [2.05, 4.69) is 131 Å². The summed E-state index contributed by atoms with van der Waals surface area (Å²) in [6.45, 7) is 11.9. The Bertz CT molecular complexity index is 1430. The normalized spacial score (nSPS) is 16.5. The number of rotatable bonds is 4. The first-order valence-corrected chi connectivity index (χ1v) is 14.0. The van der Waals surface area contributed by atoms with Crippen LogP contribution in [0.2, 0.25) is 0 Å². The average Bonchev–Trinajstić information content (AvgIpc) is 3.50. The number of fused-ring (bicyclic) bond motifs is 3. The quantitative estimate of drug-likeness (QED) is 0.278. The predicted octanol–water partition coefficient (Wildman–Crippen LogP) is 10.3. The van der Waals surface area contributed by atoms with E-state index in [4.69, 9.17) is 0 Å². The van der Waals surface area contributed by atoms with E-state index in [1.54, 1.807) is 0 Å². The zero-order chi connectivity index (χ0) is 25.8. The SMILES string of the molecule is CC1(C)c2ccccc2-c2cc(C3CCCC3)c(N(c3cccc(-c4ccccc4)c3)C(C)(C)C)cc21. The third-order valence-corrected chi connectivity index (χ3v) is 8.65. The number of benzene rings is 4. The lowest BCUT2D eigenvalue weighted by molar-refractivity contribution is 0.555. The predicted molar refractivity (Wildman–Crippen MR) is 159 cm³/mol. The molecule has 0 radical (unpaired) electrons. The molecule has 0 aromatic heterocycles. The number of nitrogens with zero attached hydrogens (tertiary/aromatic N) is 1. The van der Waals surface area contributed by atoms with Crippen LogP contribution in [0.15, 0.2) is 91.0 Å². The zero-order valence-corrected chi connectivity index (χ0v) is 23.0. The summed E-state index contributed by atoms with van der Waals surface area (Å²) in [4.78, 5) is 2.62. The van der Waals surface area contributed by atoms with E-state index >= 15 is 0 Å². The van der Waals surface area contributed by atoms with Crippen LogP contribution >= 0.6 is 0 Å². The maximum atomic E-state index is 2.62. The first-order chi connectivity index (χ1) is 17.7. The van der Waals surface area contributed by atoms with Crippen molar-refractivity contribution in [3.8, 4) is 22.3 Å². The smallest absolute Gasteiger partial charge is 0.0454 e. The fourth-order valence-corrected chi connectivity index (χ4v) is 6.85. The summed E-state index contributed by atoms with van der Waals surface area (Å²) in [5.74, 6) is 0.623. The topological polar surface area (TPSA) is 3.24 Å². The second-order valence-corrected chi connectivity index (χ2v) is 12.5. The molecule has 0 amide bonds. The van der Waals surface area contributed by atoms with E-state index in [0.29, 0.717) is 5.92 Å². The highest BCUT2D eigenvalue weighted by atomic mass is 15.2. The maximum absolute atomic E-state index is 2.62. The standard InChI is InChI=1S/C36H39N/c1-35(2,3)37(28-19-13-18-27(22-28)25-14-7-6-8-15-25)34-24-33-31(23-30(34)26-16-9-10-17-26)29-20-11-12-21-32(29)36(33,4)5/h6-8,11-15,18-24,26H,9-10,16-17H2,1-5H3. The molecule has 4 aromatic rings. The van der Waals surface area contributed by atoms with E-state index in [-0.39, 0.29) is 11.0 Å². The molecule has 6 rings (SSSR count). The lowest BCUT2D eigenvalue weighted by Crippen LogP contribution is -2.38. The van der Waals surface area contributed by atoms with Gasteiger partial charge in [0.05, 0.1) is 0 Å². The Balaban J connectivity index is 1.58. The molecule has 188 valence electrons. The van der Waals surface area contributed by atoms with Gasteiger partial charge in [0.1, 0.15) is 0 Å². The molecule has 0 saturated heterocycles. The van der Waals surface area contributed by atoms with Gasteiger partial charge in [0.25, 0.3) is 0 Å². The van der Waals surface area contributed by atoms with E-state index in [0.717, 1.165) is 0 Å². The summed E-state index contributed by atoms with van der Waals surface area (Å²) in [7, 11) is 0. The van der Waals surface area contributed by atoms with E-state index in [1.165, 1.54) is 76.0 Å². The third-order valence-electron chi connectivity index (χ3n) is 8.65. The van der Waals surface area contributed by atoms with Gasteiger partial charge in [-0.3, -0.25) is 0 Å². The van der Waals surface area contributed by atoms with Crippen LogP contribution in [-0.4, -0.2) is 5.54 Å². The summed E-state index contributed by atoms with van der Waals surface area (Å²) in [6.07, 6.45) is 5.25. The summed E-state index contributed by atoms with van der Waals surface area (Å²) >= 11 is 0. The Morgan fingerprint density at radius 2 is 1.35 bits per heavy atom. The molecule has 0 bridgehead atoms. The summed E-state index contributed by atoms with van der Waals surface area (Å²) in [5.41, 5.74) is 12.4. The van der Waals surface area contributed by atoms with Gasteiger partial charge < -0.3 is 4.90 Å². The molecule has 4 aromatic carbocycles. The van der Waals surface area contributed by atoms with Gasteiger partial charge >= 0.3 is 0 Å². The molecule has 2 aliphatic rings. The molecule has 0 atom stereocenters.